The van der Waals surface area contributed by atoms with Gasteiger partial charge in [0.25, 0.3) is 5.91 Å². The highest BCUT2D eigenvalue weighted by atomic mass is 79.9. The van der Waals surface area contributed by atoms with Crippen molar-refractivity contribution < 1.29 is 18.7 Å². The standard InChI is InChI=1S/C24H15BrCl2FNO3S2/c1-31-20-8-13(7-18(25)22(20)32-12-14-5-6-15(26)10-19(14)27)9-21-23(30)29(24(33)34-21)17-4-2-3-16(28)11-17/h2-11H,12H2,1H3/b21-9+. The summed E-state index contributed by atoms with van der Waals surface area (Å²) >= 11 is 22.2. The number of carbonyl (C=O) groups is 1. The lowest BCUT2D eigenvalue weighted by Gasteiger charge is -2.15. The van der Waals surface area contributed by atoms with E-state index in [0.717, 1.165) is 17.3 Å². The van der Waals surface area contributed by atoms with E-state index in [0.29, 0.717) is 46.5 Å². The summed E-state index contributed by atoms with van der Waals surface area (Å²) in [7, 11) is 1.52. The van der Waals surface area contributed by atoms with Gasteiger partial charge in [0, 0.05) is 15.6 Å². The van der Waals surface area contributed by atoms with Gasteiger partial charge in [-0.05, 0) is 70.0 Å². The summed E-state index contributed by atoms with van der Waals surface area (Å²) in [6.07, 6.45) is 1.70. The van der Waals surface area contributed by atoms with Gasteiger partial charge in [0.2, 0.25) is 0 Å². The van der Waals surface area contributed by atoms with E-state index in [2.05, 4.69) is 15.9 Å². The number of amides is 1. The molecule has 3 aromatic rings. The Morgan fingerprint density at radius 2 is 1.97 bits per heavy atom. The van der Waals surface area contributed by atoms with Crippen LogP contribution in [0.1, 0.15) is 11.1 Å². The third kappa shape index (κ3) is 5.42. The van der Waals surface area contributed by atoms with Crippen LogP contribution in [0.3, 0.4) is 0 Å². The van der Waals surface area contributed by atoms with Gasteiger partial charge < -0.3 is 9.47 Å². The zero-order valence-electron chi connectivity index (χ0n) is 17.5. The van der Waals surface area contributed by atoms with Gasteiger partial charge in [0.05, 0.1) is 22.2 Å². The zero-order valence-corrected chi connectivity index (χ0v) is 22.2. The van der Waals surface area contributed by atoms with E-state index in [1.807, 2.05) is 0 Å². The second kappa shape index (κ2) is 10.7. The van der Waals surface area contributed by atoms with Crippen molar-refractivity contribution in [2.45, 2.75) is 6.61 Å². The number of benzene rings is 3. The van der Waals surface area contributed by atoms with Crippen LogP contribution in [0, 0.1) is 5.82 Å². The molecule has 0 aliphatic carbocycles. The highest BCUT2D eigenvalue weighted by molar-refractivity contribution is 9.10. The highest BCUT2D eigenvalue weighted by Gasteiger charge is 2.33. The van der Waals surface area contributed by atoms with Crippen molar-refractivity contribution in [3.05, 3.63) is 91.0 Å². The molecule has 1 fully saturated rings. The van der Waals surface area contributed by atoms with Crippen molar-refractivity contribution in [1.29, 1.82) is 0 Å². The second-order valence-electron chi connectivity index (χ2n) is 7.06. The van der Waals surface area contributed by atoms with Crippen LogP contribution < -0.4 is 14.4 Å². The first-order chi connectivity index (χ1) is 16.3. The smallest absolute Gasteiger partial charge is 0.270 e. The lowest BCUT2D eigenvalue weighted by molar-refractivity contribution is -0.113. The van der Waals surface area contributed by atoms with Gasteiger partial charge in [0.15, 0.2) is 15.8 Å². The van der Waals surface area contributed by atoms with Gasteiger partial charge >= 0.3 is 0 Å². The van der Waals surface area contributed by atoms with Crippen LogP contribution in [-0.2, 0) is 11.4 Å². The molecule has 3 aromatic carbocycles. The Hall–Kier alpha value is -2.10. The summed E-state index contributed by atoms with van der Waals surface area (Å²) in [4.78, 5) is 14.7. The first kappa shape index (κ1) is 25.0. The Balaban J connectivity index is 1.59. The minimum absolute atomic E-state index is 0.205. The van der Waals surface area contributed by atoms with Crippen molar-refractivity contribution in [3.63, 3.8) is 0 Å². The number of thioether (sulfide) groups is 1. The Morgan fingerprint density at radius 1 is 1.18 bits per heavy atom. The van der Waals surface area contributed by atoms with Gasteiger partial charge in [0.1, 0.15) is 12.4 Å². The van der Waals surface area contributed by atoms with Gasteiger partial charge in [-0.2, -0.15) is 0 Å². The molecule has 10 heteroatoms. The van der Waals surface area contributed by atoms with Crippen LogP contribution in [0.25, 0.3) is 6.08 Å². The molecular weight excluding hydrogens is 584 g/mol. The first-order valence-corrected chi connectivity index (χ1v) is 12.5. The number of nitrogens with zero attached hydrogens (tertiary/aromatic N) is 1. The van der Waals surface area contributed by atoms with Crippen molar-refractivity contribution in [2.75, 3.05) is 12.0 Å². The number of halogens is 4. The molecule has 0 bridgehead atoms. The molecule has 174 valence electrons. The molecular formula is C24H15BrCl2FNO3S2. The lowest BCUT2D eigenvalue weighted by atomic mass is 10.1. The van der Waals surface area contributed by atoms with Crippen LogP contribution in [-0.4, -0.2) is 17.3 Å². The Morgan fingerprint density at radius 3 is 2.68 bits per heavy atom. The average Bonchev–Trinajstić information content (AvgIpc) is 3.06. The summed E-state index contributed by atoms with van der Waals surface area (Å²) in [5, 5.41) is 1.04. The molecule has 0 saturated carbocycles. The predicted octanol–water partition coefficient (Wildman–Crippen LogP) is 7.89. The molecule has 0 spiro atoms. The molecule has 0 atom stereocenters. The number of hydrogen-bond donors (Lipinski definition) is 0. The number of ether oxygens (including phenoxy) is 2. The molecule has 4 rings (SSSR count). The van der Waals surface area contributed by atoms with Crippen LogP contribution >= 0.6 is 63.1 Å². The predicted molar refractivity (Wildman–Crippen MR) is 144 cm³/mol. The summed E-state index contributed by atoms with van der Waals surface area (Å²) in [5.41, 5.74) is 1.85. The molecule has 4 nitrogen and oxygen atoms in total. The molecule has 1 heterocycles. The van der Waals surface area contributed by atoms with E-state index in [9.17, 15) is 9.18 Å². The van der Waals surface area contributed by atoms with E-state index >= 15 is 0 Å². The largest absolute Gasteiger partial charge is 0.493 e. The molecule has 1 amide bonds. The quantitative estimate of drug-likeness (QED) is 0.213. The van der Waals surface area contributed by atoms with Gasteiger partial charge in [-0.1, -0.05) is 59.3 Å². The molecule has 0 N–H and O–H groups in total. The minimum Gasteiger partial charge on any atom is -0.493 e. The number of carbonyl (C=O) groups excluding carboxylic acids is 1. The maximum Gasteiger partial charge on any atom is 0.270 e. The van der Waals surface area contributed by atoms with Crippen LogP contribution in [0.15, 0.2) is 64.0 Å². The number of methoxy groups -OCH3 is 1. The Labute approximate surface area is 223 Å². The Kier molecular flexibility index (Phi) is 7.84. The molecule has 34 heavy (non-hydrogen) atoms. The van der Waals surface area contributed by atoms with E-state index in [1.54, 1.807) is 42.5 Å². The van der Waals surface area contributed by atoms with Gasteiger partial charge in [-0.3, -0.25) is 9.69 Å². The molecule has 0 aromatic heterocycles. The van der Waals surface area contributed by atoms with Crippen molar-refractivity contribution in [1.82, 2.24) is 0 Å². The number of thiocarbonyl (C=S) groups is 1. The van der Waals surface area contributed by atoms with Crippen molar-refractivity contribution in [2.24, 2.45) is 0 Å². The third-order valence-electron chi connectivity index (χ3n) is 4.80. The zero-order chi connectivity index (χ0) is 24.4. The number of rotatable bonds is 6. The monoisotopic (exact) mass is 597 g/mol. The second-order valence-corrected chi connectivity index (χ2v) is 10.4. The maximum absolute atomic E-state index is 13.6. The van der Waals surface area contributed by atoms with Gasteiger partial charge in [-0.15, -0.1) is 0 Å². The number of anilines is 1. The minimum atomic E-state index is -0.445. The van der Waals surface area contributed by atoms with E-state index in [4.69, 9.17) is 44.9 Å². The molecule has 1 aliphatic rings. The van der Waals surface area contributed by atoms with E-state index in [-0.39, 0.29) is 12.5 Å². The SMILES string of the molecule is COc1cc(/C=C2/SC(=S)N(c3cccc(F)c3)C2=O)cc(Br)c1OCc1ccc(Cl)cc1Cl. The summed E-state index contributed by atoms with van der Waals surface area (Å²) < 4.78 is 26.1. The third-order valence-corrected chi connectivity index (χ3v) is 7.27. The molecule has 0 unspecified atom stereocenters. The summed E-state index contributed by atoms with van der Waals surface area (Å²) in [6.45, 7) is 0.205. The van der Waals surface area contributed by atoms with Crippen molar-refractivity contribution in [3.8, 4) is 11.5 Å². The Bertz CT molecular complexity index is 1340. The topological polar surface area (TPSA) is 38.8 Å². The summed E-state index contributed by atoms with van der Waals surface area (Å²) in [5.74, 6) is 0.178. The van der Waals surface area contributed by atoms with Gasteiger partial charge in [-0.25, -0.2) is 4.39 Å². The fourth-order valence-corrected chi connectivity index (χ4v) is 5.54. The first-order valence-electron chi connectivity index (χ1n) is 9.74. The van der Waals surface area contributed by atoms with E-state index in [1.165, 1.54) is 30.2 Å². The van der Waals surface area contributed by atoms with E-state index < -0.39 is 5.82 Å². The summed E-state index contributed by atoms with van der Waals surface area (Å²) in [6, 6.07) is 14.5. The molecule has 1 aliphatic heterocycles. The van der Waals surface area contributed by atoms with Crippen LogP contribution in [0.2, 0.25) is 10.0 Å². The van der Waals surface area contributed by atoms with Crippen LogP contribution in [0.5, 0.6) is 11.5 Å². The van der Waals surface area contributed by atoms with Crippen LogP contribution in [0.4, 0.5) is 10.1 Å². The average molecular weight is 599 g/mol. The number of hydrogen-bond acceptors (Lipinski definition) is 5. The fraction of sp³-hybridized carbons (Fsp3) is 0.0833. The van der Waals surface area contributed by atoms with Crippen molar-refractivity contribution >= 4 is 85.1 Å². The molecule has 1 saturated heterocycles. The maximum atomic E-state index is 13.6. The highest BCUT2D eigenvalue weighted by Crippen LogP contribution is 2.40. The molecule has 0 radical (unpaired) electrons. The lowest BCUT2D eigenvalue weighted by Crippen LogP contribution is -2.27. The fourth-order valence-electron chi connectivity index (χ4n) is 3.21. The normalized spacial score (nSPS) is 14.7.